The molecule has 2 aliphatic heterocycles. The fourth-order valence-electron chi connectivity index (χ4n) is 5.42. The molecule has 0 aliphatic carbocycles. The molecule has 0 saturated carbocycles. The Balaban J connectivity index is 1.41. The van der Waals surface area contributed by atoms with Gasteiger partial charge in [-0.25, -0.2) is 14.6 Å². The normalized spacial score (nSPS) is 17.2. The molecule has 40 heavy (non-hydrogen) atoms. The number of pyridine rings is 2. The van der Waals surface area contributed by atoms with Crippen LogP contribution in [0.25, 0.3) is 28.4 Å². The van der Waals surface area contributed by atoms with Gasteiger partial charge in [-0.1, -0.05) is 25.1 Å². The van der Waals surface area contributed by atoms with E-state index in [-0.39, 0.29) is 24.2 Å². The number of para-hydroxylation sites is 1. The topological polar surface area (TPSA) is 106 Å². The van der Waals surface area contributed by atoms with Crippen LogP contribution in [0, 0.1) is 0 Å². The summed E-state index contributed by atoms with van der Waals surface area (Å²) in [5, 5.41) is 0.974. The van der Waals surface area contributed by atoms with E-state index < -0.39 is 17.5 Å². The van der Waals surface area contributed by atoms with E-state index in [0.717, 1.165) is 16.5 Å². The highest BCUT2D eigenvalue weighted by atomic mass is 16.6. The third-order valence-corrected chi connectivity index (χ3v) is 7.50. The number of esters is 2. The van der Waals surface area contributed by atoms with Crippen LogP contribution < -0.4 is 15.0 Å². The molecule has 6 rings (SSSR count). The number of cyclic esters (lactones) is 1. The Morgan fingerprint density at radius 1 is 1.10 bits per heavy atom. The monoisotopic (exact) mass is 538 g/mol. The molecule has 2 aromatic carbocycles. The molecule has 0 bridgehead atoms. The second-order valence-corrected chi connectivity index (χ2v) is 9.62. The summed E-state index contributed by atoms with van der Waals surface area (Å²) >= 11 is 0. The number of nitrogens with zero attached hydrogens (tertiary/aromatic N) is 2. The maximum Gasteiger partial charge on any atom is 0.355 e. The molecule has 4 heterocycles. The van der Waals surface area contributed by atoms with Crippen molar-refractivity contribution >= 4 is 28.9 Å². The van der Waals surface area contributed by atoms with Gasteiger partial charge in [0.05, 0.1) is 43.2 Å². The van der Waals surface area contributed by atoms with E-state index in [1.165, 1.54) is 26.4 Å². The van der Waals surface area contributed by atoms with Gasteiger partial charge < -0.3 is 23.5 Å². The Bertz CT molecular complexity index is 1790. The van der Waals surface area contributed by atoms with Gasteiger partial charge in [-0.3, -0.25) is 4.79 Å². The van der Waals surface area contributed by atoms with Crippen LogP contribution in [-0.4, -0.2) is 35.7 Å². The third-order valence-electron chi connectivity index (χ3n) is 7.50. The summed E-state index contributed by atoms with van der Waals surface area (Å²) in [4.78, 5) is 44.9. The van der Waals surface area contributed by atoms with Crippen molar-refractivity contribution in [2.75, 3.05) is 14.2 Å². The van der Waals surface area contributed by atoms with Gasteiger partial charge in [0.1, 0.15) is 18.1 Å². The van der Waals surface area contributed by atoms with E-state index in [9.17, 15) is 14.4 Å². The fraction of sp³-hybridized carbons (Fsp3) is 0.226. The zero-order chi connectivity index (χ0) is 28.0. The van der Waals surface area contributed by atoms with E-state index in [1.807, 2.05) is 30.3 Å². The Kier molecular flexibility index (Phi) is 6.14. The van der Waals surface area contributed by atoms with Crippen LogP contribution in [0.1, 0.15) is 35.6 Å². The largest absolute Gasteiger partial charge is 0.497 e. The summed E-state index contributed by atoms with van der Waals surface area (Å²) in [5.41, 5.74) is 2.05. The molecule has 9 nitrogen and oxygen atoms in total. The number of fused-ring (bicyclic) bond motifs is 5. The minimum Gasteiger partial charge on any atom is -0.497 e. The van der Waals surface area contributed by atoms with Gasteiger partial charge in [-0.15, -0.1) is 0 Å². The fourth-order valence-corrected chi connectivity index (χ4v) is 5.42. The Morgan fingerprint density at radius 2 is 1.93 bits per heavy atom. The SMILES string of the molecule is CC[C@@]1(OC(=O)/C=C/c2cc(OC)ccc2OC)C(=O)OCc2c1cc1n(c2=O)Cc2cc3ccccc3nc2-1. The number of methoxy groups -OCH3 is 2. The quantitative estimate of drug-likeness (QED) is 0.232. The summed E-state index contributed by atoms with van der Waals surface area (Å²) in [6.45, 7) is 1.87. The van der Waals surface area contributed by atoms with Crippen molar-refractivity contribution in [2.45, 2.75) is 32.1 Å². The standard InChI is InChI=1S/C31H26N2O7/c1-4-31(40-27(34)12-9-19-14-21(37-2)10-11-26(19)38-3)23-15-25-28-20(13-18-7-5-6-8-24(18)32-28)16-33(25)29(35)22(23)17-39-30(31)36/h5-15H,4,16-17H2,1-3H3/b12-9+/t31-/m0/s1. The number of ether oxygens (including phenoxy) is 4. The predicted molar refractivity (Wildman–Crippen MR) is 147 cm³/mol. The van der Waals surface area contributed by atoms with Crippen LogP contribution in [-0.2, 0) is 37.8 Å². The Morgan fingerprint density at radius 3 is 2.70 bits per heavy atom. The molecule has 4 aromatic rings. The van der Waals surface area contributed by atoms with Gasteiger partial charge in [0, 0.05) is 28.2 Å². The molecule has 1 atom stereocenters. The Labute approximate surface area is 229 Å². The number of benzene rings is 2. The lowest BCUT2D eigenvalue weighted by atomic mass is 9.85. The van der Waals surface area contributed by atoms with Crippen LogP contribution in [0.15, 0.2) is 65.5 Å². The molecule has 0 N–H and O–H groups in total. The molecule has 0 radical (unpaired) electrons. The molecular formula is C31H26N2O7. The molecule has 0 amide bonds. The Hall–Kier alpha value is -4.92. The lowest BCUT2D eigenvalue weighted by Crippen LogP contribution is -2.47. The summed E-state index contributed by atoms with van der Waals surface area (Å²) < 4.78 is 23.5. The molecule has 0 spiro atoms. The number of carbonyl (C=O) groups excluding carboxylic acids is 2. The van der Waals surface area contributed by atoms with Gasteiger partial charge in [-0.2, -0.15) is 0 Å². The number of aromatic nitrogens is 2. The van der Waals surface area contributed by atoms with Gasteiger partial charge in [0.15, 0.2) is 0 Å². The highest BCUT2D eigenvalue weighted by Crippen LogP contribution is 2.41. The van der Waals surface area contributed by atoms with Crippen molar-refractivity contribution < 1.29 is 28.5 Å². The van der Waals surface area contributed by atoms with Crippen LogP contribution in [0.5, 0.6) is 11.5 Å². The number of hydrogen-bond donors (Lipinski definition) is 0. The van der Waals surface area contributed by atoms with Crippen LogP contribution >= 0.6 is 0 Å². The molecule has 202 valence electrons. The third kappa shape index (κ3) is 3.93. The lowest BCUT2D eigenvalue weighted by molar-refractivity contribution is -0.186. The first kappa shape index (κ1) is 25.4. The van der Waals surface area contributed by atoms with Crippen molar-refractivity contribution in [2.24, 2.45) is 0 Å². The van der Waals surface area contributed by atoms with Crippen molar-refractivity contribution in [3.63, 3.8) is 0 Å². The van der Waals surface area contributed by atoms with E-state index >= 15 is 0 Å². The zero-order valence-corrected chi connectivity index (χ0v) is 22.2. The zero-order valence-electron chi connectivity index (χ0n) is 22.2. The molecule has 2 aliphatic rings. The first-order valence-corrected chi connectivity index (χ1v) is 12.8. The first-order valence-electron chi connectivity index (χ1n) is 12.8. The minimum absolute atomic E-state index is 0.0712. The molecule has 0 saturated heterocycles. The van der Waals surface area contributed by atoms with E-state index in [4.69, 9.17) is 23.9 Å². The lowest BCUT2D eigenvalue weighted by Gasteiger charge is -2.35. The maximum absolute atomic E-state index is 13.7. The number of rotatable bonds is 6. The van der Waals surface area contributed by atoms with Crippen LogP contribution in [0.4, 0.5) is 0 Å². The number of carbonyl (C=O) groups is 2. The van der Waals surface area contributed by atoms with Gasteiger partial charge in [0.25, 0.3) is 5.56 Å². The average Bonchev–Trinajstić information content (AvgIpc) is 3.34. The van der Waals surface area contributed by atoms with Crippen LogP contribution in [0.3, 0.4) is 0 Å². The maximum atomic E-state index is 13.7. The van der Waals surface area contributed by atoms with Crippen molar-refractivity contribution in [3.05, 3.63) is 93.3 Å². The van der Waals surface area contributed by atoms with Gasteiger partial charge in [0.2, 0.25) is 5.60 Å². The smallest absolute Gasteiger partial charge is 0.355 e. The van der Waals surface area contributed by atoms with Crippen molar-refractivity contribution in [1.82, 2.24) is 9.55 Å². The molecule has 0 unspecified atom stereocenters. The second-order valence-electron chi connectivity index (χ2n) is 9.62. The van der Waals surface area contributed by atoms with E-state index in [0.29, 0.717) is 40.6 Å². The van der Waals surface area contributed by atoms with Crippen molar-refractivity contribution in [3.8, 4) is 22.9 Å². The predicted octanol–water partition coefficient (Wildman–Crippen LogP) is 4.36. The minimum atomic E-state index is -1.79. The first-order chi connectivity index (χ1) is 19.4. The van der Waals surface area contributed by atoms with Gasteiger partial charge >= 0.3 is 11.9 Å². The number of hydrogen-bond acceptors (Lipinski definition) is 8. The van der Waals surface area contributed by atoms with E-state index in [1.54, 1.807) is 35.8 Å². The second kappa shape index (κ2) is 9.68. The van der Waals surface area contributed by atoms with Gasteiger partial charge in [-0.05, 0) is 48.9 Å². The van der Waals surface area contributed by atoms with Crippen molar-refractivity contribution in [1.29, 1.82) is 0 Å². The van der Waals surface area contributed by atoms with E-state index in [2.05, 4.69) is 0 Å². The highest BCUT2D eigenvalue weighted by Gasteiger charge is 2.50. The molecule has 9 heteroatoms. The highest BCUT2D eigenvalue weighted by molar-refractivity contribution is 5.93. The summed E-state index contributed by atoms with van der Waals surface area (Å²) in [6, 6.07) is 16.7. The molecular weight excluding hydrogens is 512 g/mol. The summed E-state index contributed by atoms with van der Waals surface area (Å²) in [6.07, 6.45) is 2.80. The average molecular weight is 539 g/mol. The van der Waals surface area contributed by atoms with Crippen LogP contribution in [0.2, 0.25) is 0 Å². The summed E-state index contributed by atoms with van der Waals surface area (Å²) in [5.74, 6) is -0.390. The molecule has 2 aromatic heterocycles. The molecule has 0 fully saturated rings. The summed E-state index contributed by atoms with van der Waals surface area (Å²) in [7, 11) is 3.06.